The first-order valence-electron chi connectivity index (χ1n) is 21.9. The van der Waals surface area contributed by atoms with Gasteiger partial charge in [-0.05, 0) is 96.9 Å². The van der Waals surface area contributed by atoms with Gasteiger partial charge in [0.2, 0.25) is 11.6 Å². The molecule has 3 N–H and O–H groups in total. The van der Waals surface area contributed by atoms with E-state index >= 15 is 0 Å². The van der Waals surface area contributed by atoms with E-state index in [1.54, 1.807) is 24.3 Å². The number of nitriles is 1. The molecule has 1 aliphatic rings. The Morgan fingerprint density at radius 3 is 2.11 bits per heavy atom. The number of ketones is 1. The molecule has 5 aromatic rings. The number of urea groups is 1. The maximum atomic E-state index is 14.4. The summed E-state index contributed by atoms with van der Waals surface area (Å²) >= 11 is 0. The Hall–Kier alpha value is -6.94. The van der Waals surface area contributed by atoms with E-state index in [2.05, 4.69) is 51.9 Å². The van der Waals surface area contributed by atoms with Crippen molar-refractivity contribution in [3.05, 3.63) is 120 Å². The molecule has 0 radical (unpaired) electrons. The molecule has 0 saturated carbocycles. The normalized spacial score (nSPS) is 13.6. The lowest BCUT2D eigenvalue weighted by atomic mass is 10.0. The highest BCUT2D eigenvalue weighted by Gasteiger charge is 2.28. The van der Waals surface area contributed by atoms with E-state index in [0.29, 0.717) is 29.2 Å². The summed E-state index contributed by atoms with van der Waals surface area (Å²) in [5.74, 6) is -0.553. The van der Waals surface area contributed by atoms with E-state index in [1.165, 1.54) is 55.5 Å². The number of carbonyl (C=O) groups excluding carboxylic acids is 3. The van der Waals surface area contributed by atoms with E-state index in [-0.39, 0.29) is 17.1 Å². The summed E-state index contributed by atoms with van der Waals surface area (Å²) in [4.78, 5) is 49.6. The number of aliphatic imine (C=N–C) groups is 1. The second-order valence-electron chi connectivity index (χ2n) is 15.4. The van der Waals surface area contributed by atoms with Gasteiger partial charge in [-0.2, -0.15) is 10.1 Å². The van der Waals surface area contributed by atoms with Crippen LogP contribution in [0.3, 0.4) is 0 Å². The van der Waals surface area contributed by atoms with Gasteiger partial charge in [-0.15, -0.1) is 10.2 Å². The van der Waals surface area contributed by atoms with Crippen LogP contribution in [0.5, 0.6) is 0 Å². The third-order valence-electron chi connectivity index (χ3n) is 11.0. The number of aromatic nitrogens is 4. The number of hydrogen-bond acceptors (Lipinski definition) is 9. The van der Waals surface area contributed by atoms with Gasteiger partial charge in [0.15, 0.2) is 6.04 Å². The predicted octanol–water partition coefficient (Wildman–Crippen LogP) is 10.1. The lowest BCUT2D eigenvalue weighted by Crippen LogP contribution is -2.38. The molecule has 13 heteroatoms. The number of tetrazole rings is 1. The number of nitrogens with one attached hydrogen (secondary N) is 3. The van der Waals surface area contributed by atoms with E-state index in [1.807, 2.05) is 72.8 Å². The zero-order valence-electron chi connectivity index (χ0n) is 35.9. The number of unbranched alkanes of at least 4 members (excludes halogenated alkanes) is 9. The van der Waals surface area contributed by atoms with E-state index in [4.69, 9.17) is 15.4 Å². The summed E-state index contributed by atoms with van der Waals surface area (Å²) in [7, 11) is 0. The van der Waals surface area contributed by atoms with Crippen LogP contribution >= 0.6 is 0 Å². The van der Waals surface area contributed by atoms with Gasteiger partial charge in [-0.1, -0.05) is 108 Å². The SMILES string of the molecule is CCCCCCCCCCCCC(C(=O)NC1=CC(=O)C(NC(=O)Nc2ccc(C#N)cc2)=CC1=Nc1ccc(N(CC)CC)cc1)n1nnc(-c2ccc3ccccc3c2)n1. The molecular formula is C49H56N10O3. The van der Waals surface area contributed by atoms with Crippen molar-refractivity contribution in [1.29, 1.82) is 5.26 Å². The van der Waals surface area contributed by atoms with Crippen molar-refractivity contribution in [2.75, 3.05) is 23.3 Å². The number of rotatable bonds is 21. The monoisotopic (exact) mass is 832 g/mol. The highest BCUT2D eigenvalue weighted by Crippen LogP contribution is 2.26. The minimum atomic E-state index is -0.835. The average molecular weight is 833 g/mol. The van der Waals surface area contributed by atoms with Gasteiger partial charge in [0.25, 0.3) is 5.91 Å². The van der Waals surface area contributed by atoms with Crippen LogP contribution in [0.15, 0.2) is 120 Å². The van der Waals surface area contributed by atoms with Gasteiger partial charge >= 0.3 is 6.03 Å². The molecule has 0 fully saturated rings. The molecule has 4 aromatic carbocycles. The van der Waals surface area contributed by atoms with E-state index in [0.717, 1.165) is 60.8 Å². The molecular weight excluding hydrogens is 777 g/mol. The zero-order valence-corrected chi connectivity index (χ0v) is 35.9. The largest absolute Gasteiger partial charge is 0.372 e. The number of carbonyl (C=O) groups is 3. The summed E-state index contributed by atoms with van der Waals surface area (Å²) in [6.07, 6.45) is 14.7. The standard InChI is InChI=1S/C49H56N10O3/c1-4-7-8-9-10-11-12-13-14-15-20-45(59-56-47(55-57-59)38-24-23-36-18-16-17-19-37(36)31-38)48(61)53-43-33-46(60)44(54-49(62)52-40-25-21-35(34-50)22-26-40)32-42(43)51-39-27-29-41(30-28-39)58(5-2)6-3/h16-19,21-33,45H,4-15,20H2,1-3H3,(H,53,61)(H2,52,54,62). The highest BCUT2D eigenvalue weighted by molar-refractivity contribution is 6.24. The molecule has 3 amide bonds. The van der Waals surface area contributed by atoms with Crippen molar-refractivity contribution < 1.29 is 14.4 Å². The van der Waals surface area contributed by atoms with Gasteiger partial charge in [-0.3, -0.25) is 9.59 Å². The fraction of sp³-hybridized carbons (Fsp3) is 0.347. The molecule has 0 bridgehead atoms. The number of benzene rings is 4. The minimum Gasteiger partial charge on any atom is -0.372 e. The smallest absolute Gasteiger partial charge is 0.323 e. The molecule has 0 aliphatic heterocycles. The van der Waals surface area contributed by atoms with E-state index < -0.39 is 23.8 Å². The Bertz CT molecular complexity index is 2440. The Morgan fingerprint density at radius 1 is 0.758 bits per heavy atom. The minimum absolute atomic E-state index is 0.0347. The third-order valence-corrected chi connectivity index (χ3v) is 11.0. The van der Waals surface area contributed by atoms with Crippen LogP contribution in [-0.4, -0.2) is 56.7 Å². The number of allylic oxidation sites excluding steroid dienone is 2. The third kappa shape index (κ3) is 12.3. The molecule has 1 aromatic heterocycles. The van der Waals surface area contributed by atoms with Crippen molar-refractivity contribution in [2.24, 2.45) is 4.99 Å². The molecule has 320 valence electrons. The van der Waals surface area contributed by atoms with Crippen LogP contribution < -0.4 is 20.9 Å². The number of nitrogens with zero attached hydrogens (tertiary/aromatic N) is 7. The molecule has 0 spiro atoms. The lowest BCUT2D eigenvalue weighted by molar-refractivity contribution is -0.124. The van der Waals surface area contributed by atoms with Crippen molar-refractivity contribution in [1.82, 2.24) is 30.8 Å². The van der Waals surface area contributed by atoms with Crippen molar-refractivity contribution >= 4 is 51.3 Å². The Morgan fingerprint density at radius 2 is 1.44 bits per heavy atom. The maximum Gasteiger partial charge on any atom is 0.323 e. The number of amides is 3. The second kappa shape index (κ2) is 22.6. The fourth-order valence-corrected chi connectivity index (χ4v) is 7.43. The van der Waals surface area contributed by atoms with Crippen LogP contribution in [0.25, 0.3) is 22.2 Å². The summed E-state index contributed by atoms with van der Waals surface area (Å²) < 4.78 is 0. The summed E-state index contributed by atoms with van der Waals surface area (Å²) in [6, 6.07) is 28.6. The van der Waals surface area contributed by atoms with Gasteiger partial charge < -0.3 is 20.9 Å². The molecule has 1 aliphatic carbocycles. The quantitative estimate of drug-likeness (QED) is 0.0485. The summed E-state index contributed by atoms with van der Waals surface area (Å²) in [5, 5.41) is 33.1. The number of hydrogen-bond donors (Lipinski definition) is 3. The van der Waals surface area contributed by atoms with Crippen LogP contribution in [0.2, 0.25) is 0 Å². The first-order chi connectivity index (χ1) is 30.3. The van der Waals surface area contributed by atoms with E-state index in [9.17, 15) is 14.4 Å². The van der Waals surface area contributed by atoms with Gasteiger partial charge in [0.05, 0.1) is 34.4 Å². The first-order valence-corrected chi connectivity index (χ1v) is 21.9. The maximum absolute atomic E-state index is 14.4. The molecule has 13 nitrogen and oxygen atoms in total. The summed E-state index contributed by atoms with van der Waals surface area (Å²) in [6.45, 7) is 8.11. The van der Waals surface area contributed by atoms with Crippen LogP contribution in [0, 0.1) is 11.3 Å². The fourth-order valence-electron chi connectivity index (χ4n) is 7.43. The van der Waals surface area contributed by atoms with Crippen LogP contribution in [-0.2, 0) is 9.59 Å². The van der Waals surface area contributed by atoms with Gasteiger partial charge in [-0.25, -0.2) is 9.79 Å². The predicted molar refractivity (Wildman–Crippen MR) is 246 cm³/mol. The van der Waals surface area contributed by atoms with Gasteiger partial charge in [0.1, 0.15) is 0 Å². The Kier molecular flexibility index (Phi) is 16.3. The van der Waals surface area contributed by atoms with Crippen molar-refractivity contribution in [3.8, 4) is 17.5 Å². The van der Waals surface area contributed by atoms with Crippen LogP contribution in [0.4, 0.5) is 21.9 Å². The zero-order chi connectivity index (χ0) is 43.7. The molecule has 1 unspecified atom stereocenters. The number of fused-ring (bicyclic) bond motifs is 1. The Labute approximate surface area is 364 Å². The molecule has 62 heavy (non-hydrogen) atoms. The first kappa shape index (κ1) is 44.6. The van der Waals surface area contributed by atoms with Crippen molar-refractivity contribution in [2.45, 2.75) is 97.4 Å². The topological polar surface area (TPSA) is 170 Å². The second-order valence-corrected chi connectivity index (χ2v) is 15.4. The molecule has 1 heterocycles. The molecule has 0 saturated heterocycles. The molecule has 1 atom stereocenters. The highest BCUT2D eigenvalue weighted by atomic mass is 16.2. The number of anilines is 2. The Balaban J connectivity index is 1.24. The summed E-state index contributed by atoms with van der Waals surface area (Å²) in [5.41, 5.74) is 3.70. The molecule has 6 rings (SSSR count). The van der Waals surface area contributed by atoms with Crippen molar-refractivity contribution in [3.63, 3.8) is 0 Å². The average Bonchev–Trinajstić information content (AvgIpc) is 3.78. The van der Waals surface area contributed by atoms with Crippen LogP contribution in [0.1, 0.15) is 103 Å². The lowest BCUT2D eigenvalue weighted by Gasteiger charge is -2.21. The van der Waals surface area contributed by atoms with Gasteiger partial charge in [0, 0.05) is 36.1 Å².